The van der Waals surface area contributed by atoms with Crippen LogP contribution in [0.2, 0.25) is 0 Å². The fourth-order valence-electron chi connectivity index (χ4n) is 4.55. The van der Waals surface area contributed by atoms with E-state index in [0.29, 0.717) is 23.0 Å². The number of H-pyrrole nitrogens is 1. The SMILES string of the molecule is COc1cc([C@H]2C(C#N)=C(N)Oc3n[nH]c(-c4ccccc4)c32)ccc1OC1CCCC1. The number of allylic oxidation sites excluding steroid dienone is 1. The molecule has 1 saturated carbocycles. The Balaban J connectivity index is 1.61. The zero-order valence-corrected chi connectivity index (χ0v) is 17.8. The molecule has 1 aliphatic carbocycles. The molecule has 5 rings (SSSR count). The Morgan fingerprint density at radius 1 is 1.12 bits per heavy atom. The first-order valence-electron chi connectivity index (χ1n) is 10.8. The number of methoxy groups -OCH3 is 1. The molecule has 0 saturated heterocycles. The predicted octanol–water partition coefficient (Wildman–Crippen LogP) is 4.62. The van der Waals surface area contributed by atoms with E-state index in [1.165, 1.54) is 12.8 Å². The third kappa shape index (κ3) is 3.44. The average molecular weight is 428 g/mol. The van der Waals surface area contributed by atoms with Gasteiger partial charge in [-0.25, -0.2) is 0 Å². The second-order valence-electron chi connectivity index (χ2n) is 8.04. The zero-order chi connectivity index (χ0) is 22.1. The maximum atomic E-state index is 9.93. The molecule has 0 radical (unpaired) electrons. The smallest absolute Gasteiger partial charge is 0.244 e. The van der Waals surface area contributed by atoms with Crippen molar-refractivity contribution in [1.82, 2.24) is 10.2 Å². The van der Waals surface area contributed by atoms with Crippen LogP contribution in [0.15, 0.2) is 60.0 Å². The number of nitrogens with zero attached hydrogens (tertiary/aromatic N) is 2. The van der Waals surface area contributed by atoms with Gasteiger partial charge in [-0.1, -0.05) is 36.4 Å². The summed E-state index contributed by atoms with van der Waals surface area (Å²) in [7, 11) is 1.62. The Morgan fingerprint density at radius 3 is 2.62 bits per heavy atom. The highest BCUT2D eigenvalue weighted by Crippen LogP contribution is 2.47. The van der Waals surface area contributed by atoms with Crippen LogP contribution < -0.4 is 19.9 Å². The second-order valence-corrected chi connectivity index (χ2v) is 8.04. The standard InChI is InChI=1S/C25H24N4O3/c1-30-20-13-16(11-12-19(20)31-17-9-5-6-10-17)21-18(14-26)24(27)32-25-22(21)23(28-29-25)15-7-3-2-4-8-15/h2-4,7-8,11-13,17,21H,5-6,9-10,27H2,1H3,(H,28,29)/t21-/m0/s1. The summed E-state index contributed by atoms with van der Waals surface area (Å²) in [6, 6.07) is 17.8. The Morgan fingerprint density at radius 2 is 1.91 bits per heavy atom. The van der Waals surface area contributed by atoms with Gasteiger partial charge < -0.3 is 19.9 Å². The van der Waals surface area contributed by atoms with E-state index < -0.39 is 5.92 Å². The third-order valence-corrected chi connectivity index (χ3v) is 6.12. The number of hydrogen-bond acceptors (Lipinski definition) is 6. The summed E-state index contributed by atoms with van der Waals surface area (Å²) in [6.45, 7) is 0. The lowest BCUT2D eigenvalue weighted by molar-refractivity contribution is 0.200. The first-order chi connectivity index (χ1) is 15.7. The number of rotatable bonds is 5. The molecule has 3 N–H and O–H groups in total. The van der Waals surface area contributed by atoms with Gasteiger partial charge in [-0.3, -0.25) is 5.10 Å². The van der Waals surface area contributed by atoms with E-state index in [1.807, 2.05) is 48.5 Å². The lowest BCUT2D eigenvalue weighted by atomic mass is 9.83. The molecule has 1 fully saturated rings. The number of nitrogens with two attached hydrogens (primary N) is 1. The van der Waals surface area contributed by atoms with E-state index in [-0.39, 0.29) is 12.0 Å². The molecular formula is C25H24N4O3. The van der Waals surface area contributed by atoms with Crippen LogP contribution in [0.3, 0.4) is 0 Å². The third-order valence-electron chi connectivity index (χ3n) is 6.12. The van der Waals surface area contributed by atoms with Crippen LogP contribution >= 0.6 is 0 Å². The van der Waals surface area contributed by atoms with Gasteiger partial charge in [0.05, 0.1) is 30.4 Å². The van der Waals surface area contributed by atoms with E-state index in [9.17, 15) is 5.26 Å². The molecule has 1 aromatic heterocycles. The summed E-state index contributed by atoms with van der Waals surface area (Å²) in [6.07, 6.45) is 4.71. The zero-order valence-electron chi connectivity index (χ0n) is 17.8. The van der Waals surface area contributed by atoms with E-state index in [4.69, 9.17) is 19.9 Å². The predicted molar refractivity (Wildman–Crippen MR) is 119 cm³/mol. The molecule has 2 aromatic carbocycles. The summed E-state index contributed by atoms with van der Waals surface area (Å²) in [5, 5.41) is 17.3. The number of nitrogens with one attached hydrogen (secondary N) is 1. The summed E-state index contributed by atoms with van der Waals surface area (Å²) < 4.78 is 17.5. The molecule has 0 unspecified atom stereocenters. The Labute approximate surface area is 186 Å². The minimum absolute atomic E-state index is 0.0568. The van der Waals surface area contributed by atoms with Gasteiger partial charge in [0.1, 0.15) is 11.6 Å². The molecule has 1 atom stereocenters. The normalized spacial score (nSPS) is 18.1. The molecule has 0 bridgehead atoms. The lowest BCUT2D eigenvalue weighted by Gasteiger charge is -2.25. The summed E-state index contributed by atoms with van der Waals surface area (Å²) in [4.78, 5) is 0. The highest BCUT2D eigenvalue weighted by molar-refractivity contribution is 5.71. The molecule has 2 aliphatic rings. The lowest BCUT2D eigenvalue weighted by Crippen LogP contribution is -2.21. The van der Waals surface area contributed by atoms with Crippen LogP contribution in [0, 0.1) is 11.3 Å². The summed E-state index contributed by atoms with van der Waals surface area (Å²) in [5.41, 5.74) is 9.81. The van der Waals surface area contributed by atoms with Crippen molar-refractivity contribution in [2.75, 3.05) is 7.11 Å². The van der Waals surface area contributed by atoms with E-state index in [0.717, 1.165) is 35.2 Å². The van der Waals surface area contributed by atoms with Crippen molar-refractivity contribution in [2.45, 2.75) is 37.7 Å². The van der Waals surface area contributed by atoms with Crippen LogP contribution in [0.25, 0.3) is 11.3 Å². The largest absolute Gasteiger partial charge is 0.493 e. The summed E-state index contributed by atoms with van der Waals surface area (Å²) in [5.74, 6) is 1.31. The Bertz CT molecular complexity index is 1200. The Kier molecular flexibility index (Phi) is 5.20. The van der Waals surface area contributed by atoms with Gasteiger partial charge in [0.25, 0.3) is 0 Å². The molecule has 7 nitrogen and oxygen atoms in total. The number of hydrogen-bond donors (Lipinski definition) is 2. The van der Waals surface area contributed by atoms with Gasteiger partial charge in [0.15, 0.2) is 11.5 Å². The second kappa shape index (κ2) is 8.31. The van der Waals surface area contributed by atoms with E-state index in [2.05, 4.69) is 16.3 Å². The minimum atomic E-state index is -0.452. The molecule has 162 valence electrons. The van der Waals surface area contributed by atoms with Crippen LogP contribution in [0.1, 0.15) is 42.7 Å². The van der Waals surface area contributed by atoms with E-state index >= 15 is 0 Å². The van der Waals surface area contributed by atoms with Gasteiger partial charge in [-0.2, -0.15) is 5.26 Å². The van der Waals surface area contributed by atoms with Crippen molar-refractivity contribution in [3.63, 3.8) is 0 Å². The van der Waals surface area contributed by atoms with Crippen molar-refractivity contribution in [2.24, 2.45) is 5.73 Å². The summed E-state index contributed by atoms with van der Waals surface area (Å²) >= 11 is 0. The van der Waals surface area contributed by atoms with Crippen molar-refractivity contribution in [3.8, 4) is 34.7 Å². The van der Waals surface area contributed by atoms with E-state index in [1.54, 1.807) is 7.11 Å². The van der Waals surface area contributed by atoms with Crippen molar-refractivity contribution in [3.05, 3.63) is 71.1 Å². The minimum Gasteiger partial charge on any atom is -0.493 e. The molecule has 3 aromatic rings. The highest BCUT2D eigenvalue weighted by atomic mass is 16.5. The van der Waals surface area contributed by atoms with Gasteiger partial charge >= 0.3 is 0 Å². The molecule has 0 amide bonds. The van der Waals surface area contributed by atoms with Gasteiger partial charge in [-0.15, -0.1) is 5.10 Å². The molecule has 1 aliphatic heterocycles. The van der Waals surface area contributed by atoms with Crippen LogP contribution in [-0.4, -0.2) is 23.4 Å². The molecule has 2 heterocycles. The van der Waals surface area contributed by atoms with Crippen molar-refractivity contribution in [1.29, 1.82) is 5.26 Å². The number of ether oxygens (including phenoxy) is 3. The van der Waals surface area contributed by atoms with Gasteiger partial charge in [0, 0.05) is 0 Å². The van der Waals surface area contributed by atoms with Crippen LogP contribution in [0.4, 0.5) is 0 Å². The number of nitriles is 1. The first-order valence-corrected chi connectivity index (χ1v) is 10.8. The number of aromatic nitrogens is 2. The van der Waals surface area contributed by atoms with Gasteiger partial charge in [-0.05, 0) is 48.9 Å². The first kappa shape index (κ1) is 20.0. The van der Waals surface area contributed by atoms with Crippen molar-refractivity contribution >= 4 is 0 Å². The highest BCUT2D eigenvalue weighted by Gasteiger charge is 2.36. The monoisotopic (exact) mass is 428 g/mol. The molecule has 32 heavy (non-hydrogen) atoms. The number of fused-ring (bicyclic) bond motifs is 1. The van der Waals surface area contributed by atoms with Gasteiger partial charge in [0.2, 0.25) is 11.8 Å². The van der Waals surface area contributed by atoms with Crippen LogP contribution in [-0.2, 0) is 0 Å². The fourth-order valence-corrected chi connectivity index (χ4v) is 4.55. The molecule has 0 spiro atoms. The number of benzene rings is 2. The maximum Gasteiger partial charge on any atom is 0.244 e. The molecular weight excluding hydrogens is 404 g/mol. The van der Waals surface area contributed by atoms with Crippen LogP contribution in [0.5, 0.6) is 17.4 Å². The average Bonchev–Trinajstić information content (AvgIpc) is 3.49. The van der Waals surface area contributed by atoms with Crippen molar-refractivity contribution < 1.29 is 14.2 Å². The quantitative estimate of drug-likeness (QED) is 0.614. The fraction of sp³-hybridized carbons (Fsp3) is 0.280. The number of aromatic amines is 1. The molecule has 7 heteroatoms. The Hall–Kier alpha value is -3.92. The maximum absolute atomic E-state index is 9.93. The topological polar surface area (TPSA) is 106 Å².